The Morgan fingerprint density at radius 1 is 1.15 bits per heavy atom. The highest BCUT2D eigenvalue weighted by molar-refractivity contribution is 7.89. The number of hydrogen-bond acceptors (Lipinski definition) is 4. The molecule has 1 amide bonds. The lowest BCUT2D eigenvalue weighted by atomic mass is 10.2. The summed E-state index contributed by atoms with van der Waals surface area (Å²) in [5.74, 6) is 6.66. The number of sulfonamides is 1. The Morgan fingerprint density at radius 2 is 1.91 bits per heavy atom. The van der Waals surface area contributed by atoms with Crippen molar-refractivity contribution in [2.24, 2.45) is 0 Å². The van der Waals surface area contributed by atoms with Crippen LogP contribution < -0.4 is 5.32 Å². The smallest absolute Gasteiger partial charge is 0.242 e. The second-order valence-corrected chi connectivity index (χ2v) is 10.1. The van der Waals surface area contributed by atoms with Gasteiger partial charge in [-0.15, -0.1) is 0 Å². The molecule has 0 atom stereocenters. The second-order valence-electron chi connectivity index (χ2n) is 7.92. The van der Waals surface area contributed by atoms with Crippen LogP contribution in [-0.4, -0.2) is 48.8 Å². The van der Waals surface area contributed by atoms with Crippen LogP contribution in [0, 0.1) is 11.8 Å². The third-order valence-corrected chi connectivity index (χ3v) is 7.08. The number of imidazole rings is 1. The molecule has 0 aliphatic rings. The molecule has 0 aliphatic heterocycles. The summed E-state index contributed by atoms with van der Waals surface area (Å²) in [6.45, 7) is 3.17. The molecule has 0 saturated carbocycles. The van der Waals surface area contributed by atoms with Crippen molar-refractivity contribution in [1.82, 2.24) is 19.2 Å². The number of fused-ring (bicyclic) bond motifs is 1. The lowest BCUT2D eigenvalue weighted by Gasteiger charge is -2.11. The number of carbonyl (C=O) groups excluding carboxylic acids is 1. The van der Waals surface area contributed by atoms with Crippen LogP contribution in [0.3, 0.4) is 0 Å². The van der Waals surface area contributed by atoms with E-state index in [1.54, 1.807) is 18.2 Å². The first kappa shape index (κ1) is 24.5. The number of nitrogens with zero attached hydrogens (tertiary/aromatic N) is 3. The van der Waals surface area contributed by atoms with Crippen LogP contribution in [-0.2, 0) is 27.8 Å². The SMILES string of the molecule is CCCCn1c(CCC(=O)NCC#Cc2ccccc2)nc2cc(S(=O)(=O)N(C)C)ccc21. The molecule has 1 aromatic heterocycles. The van der Waals surface area contributed by atoms with E-state index >= 15 is 0 Å². The van der Waals surface area contributed by atoms with E-state index in [1.807, 2.05) is 30.3 Å². The van der Waals surface area contributed by atoms with Gasteiger partial charge in [0.1, 0.15) is 5.82 Å². The van der Waals surface area contributed by atoms with E-state index in [4.69, 9.17) is 0 Å². The van der Waals surface area contributed by atoms with Crippen LogP contribution in [0.15, 0.2) is 53.4 Å². The van der Waals surface area contributed by atoms with Crippen molar-refractivity contribution in [1.29, 1.82) is 0 Å². The highest BCUT2D eigenvalue weighted by Crippen LogP contribution is 2.23. The third-order valence-electron chi connectivity index (χ3n) is 5.27. The molecule has 0 radical (unpaired) electrons. The first-order valence-corrected chi connectivity index (χ1v) is 12.5. The molecule has 1 heterocycles. The Bertz CT molecular complexity index is 1270. The van der Waals surface area contributed by atoms with Crippen molar-refractivity contribution < 1.29 is 13.2 Å². The molecule has 0 bridgehead atoms. The van der Waals surface area contributed by atoms with E-state index in [0.29, 0.717) is 11.9 Å². The van der Waals surface area contributed by atoms with Crippen molar-refractivity contribution in [3.8, 4) is 11.8 Å². The predicted molar refractivity (Wildman–Crippen MR) is 130 cm³/mol. The van der Waals surface area contributed by atoms with Gasteiger partial charge in [0.25, 0.3) is 0 Å². The molecule has 7 nitrogen and oxygen atoms in total. The molecule has 3 rings (SSSR count). The van der Waals surface area contributed by atoms with Gasteiger partial charge >= 0.3 is 0 Å². The molecular weight excluding hydrogens is 436 g/mol. The molecule has 0 saturated heterocycles. The number of carbonyl (C=O) groups is 1. The Labute approximate surface area is 195 Å². The van der Waals surface area contributed by atoms with Gasteiger partial charge in [-0.05, 0) is 36.8 Å². The van der Waals surface area contributed by atoms with Crippen molar-refractivity contribution in [3.05, 3.63) is 59.9 Å². The van der Waals surface area contributed by atoms with Crippen LogP contribution in [0.1, 0.15) is 37.6 Å². The number of aryl methyl sites for hydroxylation is 2. The molecule has 0 fully saturated rings. The number of hydrogen-bond donors (Lipinski definition) is 1. The number of unbranched alkanes of at least 4 members (excludes halogenated alkanes) is 1. The van der Waals surface area contributed by atoms with Crippen LogP contribution >= 0.6 is 0 Å². The lowest BCUT2D eigenvalue weighted by molar-refractivity contribution is -0.120. The van der Waals surface area contributed by atoms with Crippen molar-refractivity contribution >= 4 is 27.0 Å². The Hall–Kier alpha value is -3.15. The fraction of sp³-hybridized carbons (Fsp3) is 0.360. The number of rotatable bonds is 9. The Kier molecular flexibility index (Phi) is 8.26. The summed E-state index contributed by atoms with van der Waals surface area (Å²) in [5.41, 5.74) is 2.41. The maximum Gasteiger partial charge on any atom is 0.242 e. The van der Waals surface area contributed by atoms with Crippen LogP contribution in [0.4, 0.5) is 0 Å². The molecule has 33 heavy (non-hydrogen) atoms. The van der Waals surface area contributed by atoms with Gasteiger partial charge < -0.3 is 9.88 Å². The summed E-state index contributed by atoms with van der Waals surface area (Å²) in [6, 6.07) is 14.6. The monoisotopic (exact) mass is 466 g/mol. The quantitative estimate of drug-likeness (QED) is 0.491. The summed E-state index contributed by atoms with van der Waals surface area (Å²) >= 11 is 0. The normalized spacial score (nSPS) is 11.4. The highest BCUT2D eigenvalue weighted by atomic mass is 32.2. The second kappa shape index (κ2) is 11.1. The van der Waals surface area contributed by atoms with Gasteiger partial charge in [-0.25, -0.2) is 17.7 Å². The maximum absolute atomic E-state index is 12.5. The minimum Gasteiger partial charge on any atom is -0.345 e. The molecular formula is C25H30N4O3S. The molecule has 1 N–H and O–H groups in total. The summed E-state index contributed by atoms with van der Waals surface area (Å²) < 4.78 is 28.3. The highest BCUT2D eigenvalue weighted by Gasteiger charge is 2.20. The van der Waals surface area contributed by atoms with Crippen molar-refractivity contribution in [3.63, 3.8) is 0 Å². The van der Waals surface area contributed by atoms with Crippen LogP contribution in [0.25, 0.3) is 11.0 Å². The predicted octanol–water partition coefficient (Wildman–Crippen LogP) is 3.19. The summed E-state index contributed by atoms with van der Waals surface area (Å²) in [5, 5.41) is 2.83. The molecule has 3 aromatic rings. The van der Waals surface area contributed by atoms with E-state index in [1.165, 1.54) is 18.4 Å². The van der Waals surface area contributed by atoms with Gasteiger partial charge in [-0.3, -0.25) is 4.79 Å². The Balaban J connectivity index is 1.71. The Morgan fingerprint density at radius 3 is 2.61 bits per heavy atom. The van der Waals surface area contributed by atoms with Gasteiger partial charge in [0.05, 0.1) is 22.5 Å². The largest absolute Gasteiger partial charge is 0.345 e. The minimum atomic E-state index is -3.54. The topological polar surface area (TPSA) is 84.3 Å². The van der Waals surface area contributed by atoms with Gasteiger partial charge in [0.15, 0.2) is 0 Å². The first-order valence-electron chi connectivity index (χ1n) is 11.0. The number of amides is 1. The summed E-state index contributed by atoms with van der Waals surface area (Å²) in [4.78, 5) is 17.2. The van der Waals surface area contributed by atoms with E-state index < -0.39 is 10.0 Å². The van der Waals surface area contributed by atoms with E-state index in [9.17, 15) is 13.2 Å². The lowest BCUT2D eigenvalue weighted by Crippen LogP contribution is -2.24. The van der Waals surface area contributed by atoms with Crippen LogP contribution in [0.2, 0.25) is 0 Å². The van der Waals surface area contributed by atoms with E-state index in [0.717, 1.165) is 36.3 Å². The zero-order chi connectivity index (χ0) is 23.8. The average Bonchev–Trinajstić information content (AvgIpc) is 3.16. The number of benzene rings is 2. The zero-order valence-corrected chi connectivity index (χ0v) is 20.2. The average molecular weight is 467 g/mol. The summed E-state index contributed by atoms with van der Waals surface area (Å²) in [7, 11) is -0.525. The molecule has 174 valence electrons. The first-order chi connectivity index (χ1) is 15.8. The third kappa shape index (κ3) is 6.21. The van der Waals surface area contributed by atoms with Crippen molar-refractivity contribution in [2.75, 3.05) is 20.6 Å². The molecule has 2 aromatic carbocycles. The number of aromatic nitrogens is 2. The maximum atomic E-state index is 12.5. The fourth-order valence-corrected chi connectivity index (χ4v) is 4.33. The van der Waals surface area contributed by atoms with Gasteiger partial charge in [0, 0.05) is 39.0 Å². The van der Waals surface area contributed by atoms with Gasteiger partial charge in [-0.2, -0.15) is 0 Å². The van der Waals surface area contributed by atoms with E-state index in [-0.39, 0.29) is 23.8 Å². The molecule has 0 aliphatic carbocycles. The molecule has 8 heteroatoms. The zero-order valence-electron chi connectivity index (χ0n) is 19.3. The molecule has 0 unspecified atom stereocenters. The molecule has 0 spiro atoms. The minimum absolute atomic E-state index is 0.0951. The van der Waals surface area contributed by atoms with Crippen molar-refractivity contribution in [2.45, 2.75) is 44.0 Å². The van der Waals surface area contributed by atoms with Gasteiger partial charge in [0.2, 0.25) is 15.9 Å². The summed E-state index contributed by atoms with van der Waals surface area (Å²) in [6.07, 6.45) is 2.74. The standard InChI is InChI=1S/C25H30N4O3S/c1-4-5-18-29-23-14-13-21(33(31,32)28(2)3)19-22(23)27-24(29)15-16-25(30)26-17-9-12-20-10-7-6-8-11-20/h6-8,10-11,13-14,19H,4-5,15-18H2,1-3H3,(H,26,30). The number of nitrogens with one attached hydrogen (secondary N) is 1. The van der Waals surface area contributed by atoms with Gasteiger partial charge in [-0.1, -0.05) is 43.4 Å². The van der Waals surface area contributed by atoms with E-state index in [2.05, 4.69) is 33.6 Å². The fourth-order valence-electron chi connectivity index (χ4n) is 3.41. The van der Waals surface area contributed by atoms with Crippen LogP contribution in [0.5, 0.6) is 0 Å².